The number of hydrogen-bond acceptors (Lipinski definition) is 2. The Morgan fingerprint density at radius 2 is 1.65 bits per heavy atom. The minimum Gasteiger partial charge on any atom is -0.376 e. The van der Waals surface area contributed by atoms with Crippen LogP contribution in [0.2, 0.25) is 0 Å². The van der Waals surface area contributed by atoms with Gasteiger partial charge in [0.05, 0.1) is 6.54 Å². The zero-order valence-corrected chi connectivity index (χ0v) is 12.2. The summed E-state index contributed by atoms with van der Waals surface area (Å²) >= 11 is 0. The first-order chi connectivity index (χ1) is 9.56. The van der Waals surface area contributed by atoms with E-state index in [1.54, 1.807) is 4.90 Å². The van der Waals surface area contributed by atoms with Crippen LogP contribution < -0.4 is 10.2 Å². The molecule has 0 bridgehead atoms. The molecule has 0 saturated heterocycles. The summed E-state index contributed by atoms with van der Waals surface area (Å²) in [7, 11) is 1.81. The van der Waals surface area contributed by atoms with E-state index in [9.17, 15) is 4.79 Å². The van der Waals surface area contributed by atoms with Gasteiger partial charge in [0.15, 0.2) is 0 Å². The van der Waals surface area contributed by atoms with Gasteiger partial charge in [-0.2, -0.15) is 0 Å². The number of nitrogens with zero attached hydrogens (tertiary/aromatic N) is 1. The Kier molecular flexibility index (Phi) is 4.41. The number of anilines is 2. The van der Waals surface area contributed by atoms with E-state index in [2.05, 4.69) is 11.4 Å². The van der Waals surface area contributed by atoms with Crippen molar-refractivity contribution in [2.75, 3.05) is 23.8 Å². The molecule has 0 radical (unpaired) electrons. The monoisotopic (exact) mass is 268 g/mol. The van der Waals surface area contributed by atoms with Gasteiger partial charge in [-0.1, -0.05) is 24.3 Å². The summed E-state index contributed by atoms with van der Waals surface area (Å²) in [6.45, 7) is 4.36. The molecule has 1 amide bonds. The average Bonchev–Trinajstić information content (AvgIpc) is 2.44. The maximum atomic E-state index is 12.2. The number of para-hydroxylation sites is 1. The molecule has 0 aliphatic rings. The molecule has 0 spiro atoms. The van der Waals surface area contributed by atoms with Crippen molar-refractivity contribution < 1.29 is 4.79 Å². The normalized spacial score (nSPS) is 10.2. The van der Waals surface area contributed by atoms with Crippen LogP contribution in [-0.2, 0) is 4.79 Å². The van der Waals surface area contributed by atoms with E-state index in [0.29, 0.717) is 0 Å². The summed E-state index contributed by atoms with van der Waals surface area (Å²) in [4.78, 5) is 13.9. The third kappa shape index (κ3) is 3.60. The van der Waals surface area contributed by atoms with Gasteiger partial charge in [0, 0.05) is 18.4 Å². The lowest BCUT2D eigenvalue weighted by Crippen LogP contribution is -2.32. The lowest BCUT2D eigenvalue weighted by molar-refractivity contribution is -0.116. The molecule has 3 nitrogen and oxygen atoms in total. The standard InChI is InChI=1S/C17H20N2O/c1-13-9-14(2)11-16(10-13)19(3)17(20)12-18-15-7-5-4-6-8-15/h4-11,18H,12H2,1-3H3. The van der Waals surface area contributed by atoms with Gasteiger partial charge >= 0.3 is 0 Å². The van der Waals surface area contributed by atoms with Crippen molar-refractivity contribution >= 4 is 17.3 Å². The van der Waals surface area contributed by atoms with Gasteiger partial charge in [-0.15, -0.1) is 0 Å². The predicted octanol–water partition coefficient (Wildman–Crippen LogP) is 3.38. The average molecular weight is 268 g/mol. The molecule has 0 atom stereocenters. The molecule has 2 aromatic rings. The quantitative estimate of drug-likeness (QED) is 0.922. The Balaban J connectivity index is 2.01. The number of hydrogen-bond donors (Lipinski definition) is 1. The summed E-state index contributed by atoms with van der Waals surface area (Å²) in [5, 5.41) is 3.13. The molecule has 1 N–H and O–H groups in total. The third-order valence-electron chi connectivity index (χ3n) is 3.19. The molecule has 0 saturated carbocycles. The van der Waals surface area contributed by atoms with Crippen LogP contribution in [-0.4, -0.2) is 19.5 Å². The number of benzene rings is 2. The smallest absolute Gasteiger partial charge is 0.246 e. The van der Waals surface area contributed by atoms with Crippen molar-refractivity contribution in [2.45, 2.75) is 13.8 Å². The zero-order chi connectivity index (χ0) is 14.5. The highest BCUT2D eigenvalue weighted by molar-refractivity contribution is 5.95. The highest BCUT2D eigenvalue weighted by Gasteiger charge is 2.11. The minimum absolute atomic E-state index is 0.0406. The van der Waals surface area contributed by atoms with Gasteiger partial charge in [0.1, 0.15) is 0 Å². The fourth-order valence-electron chi connectivity index (χ4n) is 2.14. The van der Waals surface area contributed by atoms with Gasteiger partial charge in [0.25, 0.3) is 0 Å². The van der Waals surface area contributed by atoms with Crippen molar-refractivity contribution in [1.29, 1.82) is 0 Å². The number of likely N-dealkylation sites (N-methyl/N-ethyl adjacent to an activating group) is 1. The predicted molar refractivity (Wildman–Crippen MR) is 84.3 cm³/mol. The van der Waals surface area contributed by atoms with Crippen LogP contribution >= 0.6 is 0 Å². The molecule has 20 heavy (non-hydrogen) atoms. The molecule has 104 valence electrons. The summed E-state index contributed by atoms with van der Waals surface area (Å²) < 4.78 is 0. The van der Waals surface area contributed by atoms with E-state index in [4.69, 9.17) is 0 Å². The summed E-state index contributed by atoms with van der Waals surface area (Å²) in [6.07, 6.45) is 0. The van der Waals surface area contributed by atoms with Crippen LogP contribution in [0.25, 0.3) is 0 Å². The maximum absolute atomic E-state index is 12.2. The summed E-state index contributed by atoms with van der Waals surface area (Å²) in [5.74, 6) is 0.0406. The number of rotatable bonds is 4. The largest absolute Gasteiger partial charge is 0.376 e. The second-order valence-electron chi connectivity index (χ2n) is 5.02. The molecular formula is C17H20N2O. The molecule has 0 unspecified atom stereocenters. The molecule has 0 heterocycles. The van der Waals surface area contributed by atoms with Gasteiger partial charge in [-0.3, -0.25) is 4.79 Å². The first-order valence-corrected chi connectivity index (χ1v) is 6.70. The van der Waals surface area contributed by atoms with Gasteiger partial charge in [-0.25, -0.2) is 0 Å². The van der Waals surface area contributed by atoms with Crippen molar-refractivity contribution in [3.63, 3.8) is 0 Å². The Morgan fingerprint density at radius 1 is 1.05 bits per heavy atom. The first-order valence-electron chi connectivity index (χ1n) is 6.70. The van der Waals surface area contributed by atoms with Crippen molar-refractivity contribution in [3.05, 3.63) is 59.7 Å². The summed E-state index contributed by atoms with van der Waals surface area (Å²) in [5.41, 5.74) is 4.21. The zero-order valence-electron chi connectivity index (χ0n) is 12.2. The van der Waals surface area contributed by atoms with E-state index in [1.165, 1.54) is 0 Å². The van der Waals surface area contributed by atoms with E-state index in [1.807, 2.05) is 63.4 Å². The lowest BCUT2D eigenvalue weighted by Gasteiger charge is -2.19. The molecule has 2 rings (SSSR count). The molecule has 0 aliphatic heterocycles. The number of amides is 1. The molecule has 2 aromatic carbocycles. The minimum atomic E-state index is 0.0406. The second kappa shape index (κ2) is 6.24. The topological polar surface area (TPSA) is 32.3 Å². The molecule has 3 heteroatoms. The fourth-order valence-corrected chi connectivity index (χ4v) is 2.14. The first kappa shape index (κ1) is 14.1. The van der Waals surface area contributed by atoms with Crippen LogP contribution in [0.4, 0.5) is 11.4 Å². The van der Waals surface area contributed by atoms with Crippen LogP contribution in [0.5, 0.6) is 0 Å². The van der Waals surface area contributed by atoms with Crippen LogP contribution in [0.3, 0.4) is 0 Å². The van der Waals surface area contributed by atoms with Crippen molar-refractivity contribution in [2.24, 2.45) is 0 Å². The highest BCUT2D eigenvalue weighted by Crippen LogP contribution is 2.17. The molecule has 0 fully saturated rings. The highest BCUT2D eigenvalue weighted by atomic mass is 16.2. The van der Waals surface area contributed by atoms with Gasteiger partial charge < -0.3 is 10.2 Å². The SMILES string of the molecule is Cc1cc(C)cc(N(C)C(=O)CNc2ccccc2)c1. The second-order valence-corrected chi connectivity index (χ2v) is 5.02. The number of carbonyl (C=O) groups excluding carboxylic acids is 1. The number of aryl methyl sites for hydroxylation is 2. The molecule has 0 aromatic heterocycles. The summed E-state index contributed by atoms with van der Waals surface area (Å²) in [6, 6.07) is 15.9. The van der Waals surface area contributed by atoms with E-state index >= 15 is 0 Å². The molecular weight excluding hydrogens is 248 g/mol. The van der Waals surface area contributed by atoms with Crippen LogP contribution in [0.15, 0.2) is 48.5 Å². The molecule has 0 aliphatic carbocycles. The van der Waals surface area contributed by atoms with E-state index in [0.717, 1.165) is 22.5 Å². The Bertz CT molecular complexity index is 573. The maximum Gasteiger partial charge on any atom is 0.246 e. The Morgan fingerprint density at radius 3 is 2.25 bits per heavy atom. The number of carbonyl (C=O) groups is 1. The van der Waals surface area contributed by atoms with Gasteiger partial charge in [0.2, 0.25) is 5.91 Å². The van der Waals surface area contributed by atoms with Crippen molar-refractivity contribution in [1.82, 2.24) is 0 Å². The number of nitrogens with one attached hydrogen (secondary N) is 1. The Labute approximate surface area is 120 Å². The fraction of sp³-hybridized carbons (Fsp3) is 0.235. The van der Waals surface area contributed by atoms with E-state index in [-0.39, 0.29) is 12.5 Å². The van der Waals surface area contributed by atoms with Crippen LogP contribution in [0.1, 0.15) is 11.1 Å². The Hall–Kier alpha value is -2.29. The van der Waals surface area contributed by atoms with Crippen LogP contribution in [0, 0.1) is 13.8 Å². The lowest BCUT2D eigenvalue weighted by atomic mass is 10.1. The third-order valence-corrected chi connectivity index (χ3v) is 3.19. The van der Waals surface area contributed by atoms with E-state index < -0.39 is 0 Å². The van der Waals surface area contributed by atoms with Crippen molar-refractivity contribution in [3.8, 4) is 0 Å². The van der Waals surface area contributed by atoms with Gasteiger partial charge in [-0.05, 0) is 49.2 Å².